The quantitative estimate of drug-likeness (QED) is 0.720. The molecule has 0 bridgehead atoms. The monoisotopic (exact) mass is 316 g/mol. The average molecular weight is 316 g/mol. The Morgan fingerprint density at radius 3 is 2.35 bits per heavy atom. The molecule has 126 valence electrons. The first-order valence-corrected chi connectivity index (χ1v) is 8.71. The average Bonchev–Trinajstić information content (AvgIpc) is 2.90. The minimum atomic E-state index is -0.590. The third kappa shape index (κ3) is 2.32. The second-order valence-electron chi connectivity index (χ2n) is 7.93. The molecule has 0 aromatic carbocycles. The van der Waals surface area contributed by atoms with Crippen LogP contribution in [0.4, 0.5) is 0 Å². The third-order valence-electron chi connectivity index (χ3n) is 5.56. The molecule has 0 atom stereocenters. The molecule has 3 aliphatic rings. The van der Waals surface area contributed by atoms with Crippen molar-refractivity contribution in [3.05, 3.63) is 33.4 Å². The van der Waals surface area contributed by atoms with Gasteiger partial charge >= 0.3 is 5.97 Å². The summed E-state index contributed by atoms with van der Waals surface area (Å²) in [5, 5.41) is 0. The van der Waals surface area contributed by atoms with Crippen LogP contribution < -0.4 is 0 Å². The van der Waals surface area contributed by atoms with E-state index in [2.05, 4.69) is 20.8 Å². The number of carbonyl (C=O) groups is 1. The molecule has 1 fully saturated rings. The van der Waals surface area contributed by atoms with Crippen LogP contribution in [-0.2, 0) is 14.3 Å². The lowest BCUT2D eigenvalue weighted by molar-refractivity contribution is -0.150. The van der Waals surface area contributed by atoms with Gasteiger partial charge in [0.25, 0.3) is 0 Å². The fourth-order valence-electron chi connectivity index (χ4n) is 4.51. The molecule has 1 saturated heterocycles. The predicted molar refractivity (Wildman–Crippen MR) is 91.0 cm³/mol. The van der Waals surface area contributed by atoms with E-state index in [0.29, 0.717) is 13.2 Å². The highest BCUT2D eigenvalue weighted by Gasteiger charge is 2.49. The molecule has 0 unspecified atom stereocenters. The summed E-state index contributed by atoms with van der Waals surface area (Å²) in [5.41, 5.74) is 6.47. The van der Waals surface area contributed by atoms with Gasteiger partial charge in [-0.1, -0.05) is 32.8 Å². The SMILES string of the molecule is CCCCC1=C2COCC2=C2C(=C(C)C(=O)OC2(C)C)C1(C)C. The number of cyclic esters (lactones) is 1. The van der Waals surface area contributed by atoms with Crippen LogP contribution in [0.25, 0.3) is 0 Å². The molecular weight excluding hydrogens is 288 g/mol. The van der Waals surface area contributed by atoms with Gasteiger partial charge in [0.2, 0.25) is 0 Å². The first kappa shape index (κ1) is 16.5. The molecule has 1 aliphatic carbocycles. The highest BCUT2D eigenvalue weighted by Crippen LogP contribution is 2.56. The summed E-state index contributed by atoms with van der Waals surface area (Å²) in [4.78, 5) is 12.4. The zero-order valence-electron chi connectivity index (χ0n) is 15.3. The standard InChI is InChI=1S/C20H28O3/c1-7-8-9-15-13-10-22-11-14(13)17-16(19(15,3)4)12(2)18(21)23-20(17,5)6/h7-11H2,1-6H3. The maximum absolute atomic E-state index is 12.4. The maximum atomic E-state index is 12.4. The molecule has 0 aromatic heterocycles. The van der Waals surface area contributed by atoms with E-state index in [0.717, 1.165) is 12.0 Å². The first-order valence-electron chi connectivity index (χ1n) is 8.71. The minimum Gasteiger partial charge on any atom is -0.451 e. The molecule has 2 aliphatic heterocycles. The van der Waals surface area contributed by atoms with Crippen molar-refractivity contribution in [3.8, 4) is 0 Å². The molecule has 3 rings (SSSR count). The minimum absolute atomic E-state index is 0.141. The van der Waals surface area contributed by atoms with Crippen molar-refractivity contribution in [2.24, 2.45) is 5.41 Å². The van der Waals surface area contributed by atoms with E-state index >= 15 is 0 Å². The van der Waals surface area contributed by atoms with Crippen LogP contribution in [0.2, 0.25) is 0 Å². The van der Waals surface area contributed by atoms with E-state index in [-0.39, 0.29) is 11.4 Å². The summed E-state index contributed by atoms with van der Waals surface area (Å²) in [7, 11) is 0. The van der Waals surface area contributed by atoms with Gasteiger partial charge in [-0.15, -0.1) is 0 Å². The predicted octanol–water partition coefficient (Wildman–Crippen LogP) is 4.49. The van der Waals surface area contributed by atoms with Gasteiger partial charge in [0.1, 0.15) is 5.60 Å². The molecule has 0 N–H and O–H groups in total. The highest BCUT2D eigenvalue weighted by molar-refractivity contribution is 5.93. The maximum Gasteiger partial charge on any atom is 0.334 e. The normalized spacial score (nSPS) is 25.6. The summed E-state index contributed by atoms with van der Waals surface area (Å²) in [5.74, 6) is -0.181. The van der Waals surface area contributed by atoms with E-state index in [4.69, 9.17) is 9.47 Å². The van der Waals surface area contributed by atoms with Crippen LogP contribution >= 0.6 is 0 Å². The number of allylic oxidation sites excluding steroid dienone is 1. The lowest BCUT2D eigenvalue weighted by atomic mass is 9.61. The second-order valence-corrected chi connectivity index (χ2v) is 7.93. The summed E-state index contributed by atoms with van der Waals surface area (Å²) in [6.45, 7) is 14.0. The Bertz CT molecular complexity index is 656. The Hall–Kier alpha value is -1.35. The van der Waals surface area contributed by atoms with E-state index in [9.17, 15) is 4.79 Å². The van der Waals surface area contributed by atoms with Crippen LogP contribution in [0.3, 0.4) is 0 Å². The van der Waals surface area contributed by atoms with E-state index in [1.165, 1.54) is 40.7 Å². The van der Waals surface area contributed by atoms with E-state index in [1.807, 2.05) is 20.8 Å². The number of rotatable bonds is 3. The number of hydrogen-bond donors (Lipinski definition) is 0. The summed E-state index contributed by atoms with van der Waals surface area (Å²) >= 11 is 0. The fraction of sp³-hybridized carbons (Fsp3) is 0.650. The molecule has 0 amide bonds. The molecule has 3 nitrogen and oxygen atoms in total. The number of ether oxygens (including phenoxy) is 2. The van der Waals surface area contributed by atoms with Crippen molar-refractivity contribution < 1.29 is 14.3 Å². The van der Waals surface area contributed by atoms with Gasteiger partial charge in [0.15, 0.2) is 0 Å². The van der Waals surface area contributed by atoms with Crippen LogP contribution in [0, 0.1) is 5.41 Å². The Morgan fingerprint density at radius 1 is 1.04 bits per heavy atom. The van der Waals surface area contributed by atoms with Crippen molar-refractivity contribution in [3.63, 3.8) is 0 Å². The Morgan fingerprint density at radius 2 is 1.70 bits per heavy atom. The van der Waals surface area contributed by atoms with Gasteiger partial charge < -0.3 is 9.47 Å². The van der Waals surface area contributed by atoms with Gasteiger partial charge in [0, 0.05) is 16.6 Å². The van der Waals surface area contributed by atoms with Gasteiger partial charge in [0.05, 0.1) is 13.2 Å². The summed E-state index contributed by atoms with van der Waals surface area (Å²) in [6, 6.07) is 0. The Labute approximate surface area is 139 Å². The molecule has 3 heteroatoms. The fourth-order valence-corrected chi connectivity index (χ4v) is 4.51. The lowest BCUT2D eigenvalue weighted by Gasteiger charge is -2.46. The van der Waals surface area contributed by atoms with Gasteiger partial charge in [-0.3, -0.25) is 0 Å². The van der Waals surface area contributed by atoms with Gasteiger partial charge in [-0.05, 0) is 50.3 Å². The Balaban J connectivity index is 2.31. The highest BCUT2D eigenvalue weighted by atomic mass is 16.6. The van der Waals surface area contributed by atoms with Crippen molar-refractivity contribution in [2.75, 3.05) is 13.2 Å². The van der Waals surface area contributed by atoms with Crippen molar-refractivity contribution in [1.29, 1.82) is 0 Å². The van der Waals surface area contributed by atoms with E-state index in [1.54, 1.807) is 0 Å². The third-order valence-corrected chi connectivity index (χ3v) is 5.56. The molecule has 0 saturated carbocycles. The van der Waals surface area contributed by atoms with E-state index < -0.39 is 5.60 Å². The van der Waals surface area contributed by atoms with Crippen molar-refractivity contribution in [2.45, 2.75) is 66.4 Å². The molecule has 0 spiro atoms. The first-order chi connectivity index (χ1) is 10.7. The number of esters is 1. The van der Waals surface area contributed by atoms with Crippen LogP contribution in [0.5, 0.6) is 0 Å². The topological polar surface area (TPSA) is 35.5 Å². The molecule has 0 aromatic rings. The van der Waals surface area contributed by atoms with Crippen molar-refractivity contribution in [1.82, 2.24) is 0 Å². The van der Waals surface area contributed by atoms with Crippen LogP contribution in [0.15, 0.2) is 33.4 Å². The number of unbranched alkanes of at least 4 members (excludes halogenated alkanes) is 1. The van der Waals surface area contributed by atoms with Gasteiger partial charge in [-0.2, -0.15) is 0 Å². The summed E-state index contributed by atoms with van der Waals surface area (Å²) in [6.07, 6.45) is 3.42. The van der Waals surface area contributed by atoms with Crippen molar-refractivity contribution >= 4 is 5.97 Å². The number of carbonyl (C=O) groups excluding carboxylic acids is 1. The zero-order valence-corrected chi connectivity index (χ0v) is 15.3. The van der Waals surface area contributed by atoms with Gasteiger partial charge in [-0.25, -0.2) is 4.79 Å². The smallest absolute Gasteiger partial charge is 0.334 e. The largest absolute Gasteiger partial charge is 0.451 e. The molecule has 23 heavy (non-hydrogen) atoms. The zero-order chi connectivity index (χ0) is 17.0. The summed E-state index contributed by atoms with van der Waals surface area (Å²) < 4.78 is 11.6. The van der Waals surface area contributed by atoms with Crippen LogP contribution in [-0.4, -0.2) is 24.8 Å². The molecular formula is C20H28O3. The Kier molecular flexibility index (Phi) is 3.83. The second kappa shape index (κ2) is 5.34. The number of hydrogen-bond acceptors (Lipinski definition) is 3. The molecule has 2 heterocycles. The number of fused-ring (bicyclic) bond motifs is 2. The lowest BCUT2D eigenvalue weighted by Crippen LogP contribution is -2.43. The molecule has 0 radical (unpaired) electrons. The van der Waals surface area contributed by atoms with Crippen LogP contribution in [0.1, 0.15) is 60.8 Å².